The first-order chi connectivity index (χ1) is 10.1. The zero-order chi connectivity index (χ0) is 15.1. The highest BCUT2D eigenvalue weighted by atomic mass is 35.5. The SMILES string of the molecule is Cc1ccc(SCCC(=O)NCC2CCCNC2)cc1C.Cl. The minimum atomic E-state index is 0. The number of benzene rings is 1. The fraction of sp³-hybridized carbons (Fsp3) is 0.588. The van der Waals surface area contributed by atoms with E-state index in [4.69, 9.17) is 0 Å². The molecule has 0 radical (unpaired) electrons. The van der Waals surface area contributed by atoms with E-state index in [9.17, 15) is 4.79 Å². The van der Waals surface area contributed by atoms with Gasteiger partial charge in [0.1, 0.15) is 0 Å². The summed E-state index contributed by atoms with van der Waals surface area (Å²) in [7, 11) is 0. The smallest absolute Gasteiger partial charge is 0.220 e. The average Bonchev–Trinajstić information content (AvgIpc) is 2.50. The predicted octanol–water partition coefficient (Wildman–Crippen LogP) is 3.32. The first kappa shape index (κ1) is 19.3. The van der Waals surface area contributed by atoms with Gasteiger partial charge in [-0.2, -0.15) is 0 Å². The highest BCUT2D eigenvalue weighted by Crippen LogP contribution is 2.21. The van der Waals surface area contributed by atoms with Gasteiger partial charge in [-0.05, 0) is 69.0 Å². The first-order valence-corrected chi connectivity index (χ1v) is 8.81. The maximum atomic E-state index is 11.9. The molecule has 1 amide bonds. The summed E-state index contributed by atoms with van der Waals surface area (Å²) in [6, 6.07) is 6.48. The van der Waals surface area contributed by atoms with Crippen molar-refractivity contribution in [3.8, 4) is 0 Å². The van der Waals surface area contributed by atoms with Crippen molar-refractivity contribution in [1.29, 1.82) is 0 Å². The van der Waals surface area contributed by atoms with Crippen LogP contribution in [0.3, 0.4) is 0 Å². The van der Waals surface area contributed by atoms with Crippen molar-refractivity contribution in [3.05, 3.63) is 29.3 Å². The predicted molar refractivity (Wildman–Crippen MR) is 97.1 cm³/mol. The van der Waals surface area contributed by atoms with Crippen LogP contribution in [0.15, 0.2) is 23.1 Å². The van der Waals surface area contributed by atoms with E-state index in [1.54, 1.807) is 11.8 Å². The van der Waals surface area contributed by atoms with Gasteiger partial charge in [0, 0.05) is 23.6 Å². The molecule has 1 aromatic carbocycles. The number of halogens is 1. The van der Waals surface area contributed by atoms with Crippen LogP contribution >= 0.6 is 24.2 Å². The lowest BCUT2D eigenvalue weighted by molar-refractivity contribution is -0.120. The lowest BCUT2D eigenvalue weighted by Crippen LogP contribution is -2.38. The van der Waals surface area contributed by atoms with Gasteiger partial charge in [0.05, 0.1) is 0 Å². The molecule has 2 rings (SSSR count). The maximum Gasteiger partial charge on any atom is 0.220 e. The van der Waals surface area contributed by atoms with E-state index in [2.05, 4.69) is 42.7 Å². The number of nitrogens with one attached hydrogen (secondary N) is 2. The van der Waals surface area contributed by atoms with Crippen molar-refractivity contribution < 1.29 is 4.79 Å². The topological polar surface area (TPSA) is 41.1 Å². The van der Waals surface area contributed by atoms with Crippen LogP contribution in [-0.4, -0.2) is 31.3 Å². The van der Waals surface area contributed by atoms with E-state index in [-0.39, 0.29) is 18.3 Å². The van der Waals surface area contributed by atoms with Crippen LogP contribution in [0, 0.1) is 19.8 Å². The molecule has 1 aliphatic rings. The van der Waals surface area contributed by atoms with Crippen LogP contribution in [0.4, 0.5) is 0 Å². The number of carbonyl (C=O) groups is 1. The Morgan fingerprint density at radius 1 is 1.36 bits per heavy atom. The molecule has 1 saturated heterocycles. The number of piperidine rings is 1. The van der Waals surface area contributed by atoms with Gasteiger partial charge in [0.25, 0.3) is 0 Å². The summed E-state index contributed by atoms with van der Waals surface area (Å²) in [5, 5.41) is 6.44. The van der Waals surface area contributed by atoms with Gasteiger partial charge >= 0.3 is 0 Å². The number of amides is 1. The van der Waals surface area contributed by atoms with Crippen LogP contribution in [0.5, 0.6) is 0 Å². The Morgan fingerprint density at radius 2 is 2.18 bits per heavy atom. The largest absolute Gasteiger partial charge is 0.356 e. The Balaban J connectivity index is 0.00000242. The lowest BCUT2D eigenvalue weighted by atomic mass is 10.00. The van der Waals surface area contributed by atoms with Gasteiger partial charge in [0.2, 0.25) is 5.91 Å². The molecule has 1 heterocycles. The number of hydrogen-bond acceptors (Lipinski definition) is 3. The van der Waals surface area contributed by atoms with E-state index in [1.807, 2.05) is 0 Å². The molecular weight excluding hydrogens is 316 g/mol. The molecule has 1 atom stereocenters. The van der Waals surface area contributed by atoms with Gasteiger partial charge in [0.15, 0.2) is 0 Å². The Labute approximate surface area is 144 Å². The molecule has 1 fully saturated rings. The van der Waals surface area contributed by atoms with E-state index < -0.39 is 0 Å². The molecule has 3 nitrogen and oxygen atoms in total. The third-order valence-corrected chi connectivity index (χ3v) is 5.06. The average molecular weight is 343 g/mol. The normalized spacial score (nSPS) is 17.6. The summed E-state index contributed by atoms with van der Waals surface area (Å²) < 4.78 is 0. The van der Waals surface area contributed by atoms with Gasteiger partial charge in [-0.1, -0.05) is 6.07 Å². The molecule has 124 valence electrons. The van der Waals surface area contributed by atoms with E-state index >= 15 is 0 Å². The zero-order valence-electron chi connectivity index (χ0n) is 13.5. The minimum Gasteiger partial charge on any atom is -0.356 e. The molecule has 5 heteroatoms. The molecule has 0 aromatic heterocycles. The standard InChI is InChI=1S/C17H26N2OS.ClH/c1-13-5-6-16(10-14(13)2)21-9-7-17(20)19-12-15-4-3-8-18-11-15;/h5-6,10,15,18H,3-4,7-9,11-12H2,1-2H3,(H,19,20);1H. The summed E-state index contributed by atoms with van der Waals surface area (Å²) in [6.45, 7) is 7.23. The molecule has 0 aliphatic carbocycles. The summed E-state index contributed by atoms with van der Waals surface area (Å²) >= 11 is 1.76. The van der Waals surface area contributed by atoms with Crippen molar-refractivity contribution in [2.75, 3.05) is 25.4 Å². The van der Waals surface area contributed by atoms with Gasteiger partial charge in [-0.3, -0.25) is 4.79 Å². The second-order valence-corrected chi connectivity index (χ2v) is 7.03. The van der Waals surface area contributed by atoms with Gasteiger partial charge in [-0.15, -0.1) is 24.2 Å². The Morgan fingerprint density at radius 3 is 2.86 bits per heavy atom. The molecule has 2 N–H and O–H groups in total. The Kier molecular flexibility index (Phi) is 8.91. The molecule has 1 aliphatic heterocycles. The van der Waals surface area contributed by atoms with Crippen molar-refractivity contribution in [2.45, 2.75) is 38.0 Å². The molecular formula is C17H27ClN2OS. The fourth-order valence-corrected chi connectivity index (χ4v) is 3.46. The second-order valence-electron chi connectivity index (χ2n) is 5.86. The zero-order valence-corrected chi connectivity index (χ0v) is 15.1. The molecule has 22 heavy (non-hydrogen) atoms. The molecule has 1 unspecified atom stereocenters. The van der Waals surface area contributed by atoms with Crippen LogP contribution in [0.1, 0.15) is 30.4 Å². The fourth-order valence-electron chi connectivity index (χ4n) is 2.51. The quantitative estimate of drug-likeness (QED) is 0.779. The van der Waals surface area contributed by atoms with E-state index in [0.717, 1.165) is 25.4 Å². The Bertz CT molecular complexity index is 476. The molecule has 1 aromatic rings. The van der Waals surface area contributed by atoms with Crippen LogP contribution in [-0.2, 0) is 4.79 Å². The number of aryl methyl sites for hydroxylation is 2. The maximum absolute atomic E-state index is 11.9. The van der Waals surface area contributed by atoms with Crippen LogP contribution in [0.2, 0.25) is 0 Å². The third kappa shape index (κ3) is 6.59. The van der Waals surface area contributed by atoms with E-state index in [0.29, 0.717) is 12.3 Å². The molecule has 0 saturated carbocycles. The molecule has 0 bridgehead atoms. The number of carbonyl (C=O) groups excluding carboxylic acids is 1. The minimum absolute atomic E-state index is 0. The first-order valence-electron chi connectivity index (χ1n) is 7.82. The molecule has 0 spiro atoms. The summed E-state index contributed by atoms with van der Waals surface area (Å²) in [5.74, 6) is 1.63. The Hall–Kier alpha value is -0.710. The third-order valence-electron chi connectivity index (χ3n) is 4.06. The summed E-state index contributed by atoms with van der Waals surface area (Å²) in [6.07, 6.45) is 3.05. The highest BCUT2D eigenvalue weighted by molar-refractivity contribution is 7.99. The van der Waals surface area contributed by atoms with Crippen LogP contribution < -0.4 is 10.6 Å². The number of hydrogen-bond donors (Lipinski definition) is 2. The monoisotopic (exact) mass is 342 g/mol. The van der Waals surface area contributed by atoms with Crippen LogP contribution in [0.25, 0.3) is 0 Å². The van der Waals surface area contributed by atoms with Gasteiger partial charge < -0.3 is 10.6 Å². The number of thioether (sulfide) groups is 1. The number of rotatable bonds is 6. The summed E-state index contributed by atoms with van der Waals surface area (Å²) in [5.41, 5.74) is 2.63. The summed E-state index contributed by atoms with van der Waals surface area (Å²) in [4.78, 5) is 13.1. The highest BCUT2D eigenvalue weighted by Gasteiger charge is 2.13. The van der Waals surface area contributed by atoms with E-state index in [1.165, 1.54) is 28.9 Å². The van der Waals surface area contributed by atoms with Crippen molar-refractivity contribution in [2.24, 2.45) is 5.92 Å². The van der Waals surface area contributed by atoms with Gasteiger partial charge in [-0.25, -0.2) is 0 Å². The second kappa shape index (κ2) is 10.1. The van der Waals surface area contributed by atoms with Crippen molar-refractivity contribution >= 4 is 30.1 Å². The lowest BCUT2D eigenvalue weighted by Gasteiger charge is -2.22. The van der Waals surface area contributed by atoms with Crippen molar-refractivity contribution in [1.82, 2.24) is 10.6 Å². The van der Waals surface area contributed by atoms with Crippen molar-refractivity contribution in [3.63, 3.8) is 0 Å².